The predicted molar refractivity (Wildman–Crippen MR) is 83.8 cm³/mol. The SMILES string of the molecule is C[C@H](CCN1CCC[C@@H](S(C)(=O)=O)C1)c1ccccc1. The van der Waals surface area contributed by atoms with Crippen molar-refractivity contribution < 1.29 is 8.42 Å². The van der Waals surface area contributed by atoms with Crippen LogP contribution in [0.5, 0.6) is 0 Å². The average Bonchev–Trinajstić information content (AvgIpc) is 2.45. The van der Waals surface area contributed by atoms with Gasteiger partial charge in [-0.3, -0.25) is 0 Å². The Hall–Kier alpha value is -0.870. The Balaban J connectivity index is 1.85. The number of nitrogens with zero attached hydrogens (tertiary/aromatic N) is 1. The molecular formula is C16H25NO2S. The largest absolute Gasteiger partial charge is 0.302 e. The Morgan fingerprint density at radius 1 is 1.30 bits per heavy atom. The van der Waals surface area contributed by atoms with E-state index >= 15 is 0 Å². The molecule has 0 aliphatic carbocycles. The highest BCUT2D eigenvalue weighted by Crippen LogP contribution is 2.21. The molecule has 1 aromatic rings. The van der Waals surface area contributed by atoms with Gasteiger partial charge in [0.15, 0.2) is 9.84 Å². The summed E-state index contributed by atoms with van der Waals surface area (Å²) in [7, 11) is -2.89. The van der Waals surface area contributed by atoms with Crippen LogP contribution in [-0.4, -0.2) is 44.5 Å². The van der Waals surface area contributed by atoms with E-state index in [1.807, 2.05) is 6.07 Å². The van der Waals surface area contributed by atoms with Crippen LogP contribution in [0.2, 0.25) is 0 Å². The third-order valence-corrected chi connectivity index (χ3v) is 5.91. The van der Waals surface area contributed by atoms with Gasteiger partial charge in [-0.1, -0.05) is 37.3 Å². The number of hydrogen-bond donors (Lipinski definition) is 0. The Bertz CT molecular complexity index is 513. The first kappa shape index (κ1) is 15.5. The molecule has 0 spiro atoms. The van der Waals surface area contributed by atoms with Crippen LogP contribution in [0.1, 0.15) is 37.7 Å². The molecule has 112 valence electrons. The van der Waals surface area contributed by atoms with Crippen LogP contribution in [0.4, 0.5) is 0 Å². The lowest BCUT2D eigenvalue weighted by atomic mass is 9.97. The van der Waals surface area contributed by atoms with Crippen LogP contribution >= 0.6 is 0 Å². The van der Waals surface area contributed by atoms with E-state index in [4.69, 9.17) is 0 Å². The lowest BCUT2D eigenvalue weighted by molar-refractivity contribution is 0.224. The molecular weight excluding hydrogens is 270 g/mol. The summed E-state index contributed by atoms with van der Waals surface area (Å²) in [4.78, 5) is 2.31. The van der Waals surface area contributed by atoms with Crippen molar-refractivity contribution in [1.82, 2.24) is 4.90 Å². The molecule has 0 bridgehead atoms. The highest BCUT2D eigenvalue weighted by atomic mass is 32.2. The summed E-state index contributed by atoms with van der Waals surface area (Å²) >= 11 is 0. The quantitative estimate of drug-likeness (QED) is 0.838. The van der Waals surface area contributed by atoms with Gasteiger partial charge in [0.2, 0.25) is 0 Å². The molecule has 1 fully saturated rings. The van der Waals surface area contributed by atoms with E-state index in [9.17, 15) is 8.42 Å². The van der Waals surface area contributed by atoms with Crippen LogP contribution in [-0.2, 0) is 9.84 Å². The first-order valence-corrected chi connectivity index (χ1v) is 9.38. The molecule has 1 aliphatic heterocycles. The molecule has 2 atom stereocenters. The van der Waals surface area contributed by atoms with Crippen molar-refractivity contribution in [2.45, 2.75) is 37.4 Å². The molecule has 1 saturated heterocycles. The summed E-state index contributed by atoms with van der Waals surface area (Å²) in [6.07, 6.45) is 4.27. The monoisotopic (exact) mass is 295 g/mol. The summed E-state index contributed by atoms with van der Waals surface area (Å²) in [5, 5.41) is -0.164. The zero-order chi connectivity index (χ0) is 14.6. The van der Waals surface area contributed by atoms with Crippen molar-refractivity contribution in [3.8, 4) is 0 Å². The summed E-state index contributed by atoms with van der Waals surface area (Å²) in [5.41, 5.74) is 1.36. The summed E-state index contributed by atoms with van der Waals surface area (Å²) < 4.78 is 23.3. The average molecular weight is 295 g/mol. The second kappa shape index (κ2) is 6.72. The predicted octanol–water partition coefficient (Wildman–Crippen LogP) is 2.69. The number of hydrogen-bond acceptors (Lipinski definition) is 3. The maximum atomic E-state index is 11.7. The Kier molecular flexibility index (Phi) is 5.22. The molecule has 0 amide bonds. The lowest BCUT2D eigenvalue weighted by Crippen LogP contribution is -2.42. The normalized spacial score (nSPS) is 22.6. The van der Waals surface area contributed by atoms with Crippen LogP contribution in [0, 0.1) is 0 Å². The van der Waals surface area contributed by atoms with Gasteiger partial charge in [-0.2, -0.15) is 0 Å². The molecule has 0 N–H and O–H groups in total. The van der Waals surface area contributed by atoms with E-state index in [2.05, 4.69) is 36.1 Å². The maximum Gasteiger partial charge on any atom is 0.151 e. The first-order valence-electron chi connectivity index (χ1n) is 7.43. The molecule has 0 aromatic heterocycles. The van der Waals surface area contributed by atoms with Crippen LogP contribution < -0.4 is 0 Å². The Morgan fingerprint density at radius 3 is 2.65 bits per heavy atom. The molecule has 1 heterocycles. The minimum atomic E-state index is -2.89. The van der Waals surface area contributed by atoms with E-state index in [1.165, 1.54) is 11.8 Å². The van der Waals surface area contributed by atoms with Gasteiger partial charge in [-0.15, -0.1) is 0 Å². The van der Waals surface area contributed by atoms with Crippen molar-refractivity contribution >= 4 is 9.84 Å². The van der Waals surface area contributed by atoms with Crippen molar-refractivity contribution in [2.24, 2.45) is 0 Å². The van der Waals surface area contributed by atoms with E-state index in [0.29, 0.717) is 12.5 Å². The van der Waals surface area contributed by atoms with E-state index in [0.717, 1.165) is 32.4 Å². The van der Waals surface area contributed by atoms with Gasteiger partial charge < -0.3 is 4.90 Å². The van der Waals surface area contributed by atoms with Crippen molar-refractivity contribution in [3.05, 3.63) is 35.9 Å². The number of benzene rings is 1. The lowest BCUT2D eigenvalue weighted by Gasteiger charge is -2.32. The smallest absolute Gasteiger partial charge is 0.151 e. The third-order valence-electron chi connectivity index (χ3n) is 4.31. The van der Waals surface area contributed by atoms with Crippen molar-refractivity contribution in [3.63, 3.8) is 0 Å². The van der Waals surface area contributed by atoms with Gasteiger partial charge in [0, 0.05) is 12.8 Å². The molecule has 0 radical (unpaired) electrons. The third kappa shape index (κ3) is 4.32. The molecule has 2 rings (SSSR count). The zero-order valence-electron chi connectivity index (χ0n) is 12.5. The molecule has 0 saturated carbocycles. The fourth-order valence-electron chi connectivity index (χ4n) is 2.89. The second-order valence-corrected chi connectivity index (χ2v) is 8.32. The zero-order valence-corrected chi connectivity index (χ0v) is 13.3. The van der Waals surface area contributed by atoms with Gasteiger partial charge in [0.1, 0.15) is 0 Å². The van der Waals surface area contributed by atoms with Crippen LogP contribution in [0.25, 0.3) is 0 Å². The van der Waals surface area contributed by atoms with Crippen LogP contribution in [0.3, 0.4) is 0 Å². The summed E-state index contributed by atoms with van der Waals surface area (Å²) in [6.45, 7) is 4.98. The number of likely N-dealkylation sites (tertiary alicyclic amines) is 1. The highest BCUT2D eigenvalue weighted by Gasteiger charge is 2.27. The second-order valence-electron chi connectivity index (χ2n) is 5.99. The molecule has 20 heavy (non-hydrogen) atoms. The topological polar surface area (TPSA) is 37.4 Å². The molecule has 0 unspecified atom stereocenters. The molecule has 1 aliphatic rings. The summed E-state index contributed by atoms with van der Waals surface area (Å²) in [6, 6.07) is 10.5. The molecule has 1 aromatic carbocycles. The fraction of sp³-hybridized carbons (Fsp3) is 0.625. The van der Waals surface area contributed by atoms with Gasteiger partial charge in [-0.05, 0) is 43.8 Å². The van der Waals surface area contributed by atoms with Gasteiger partial charge in [0.25, 0.3) is 0 Å². The van der Waals surface area contributed by atoms with Crippen molar-refractivity contribution in [2.75, 3.05) is 25.9 Å². The number of sulfone groups is 1. The molecule has 4 heteroatoms. The standard InChI is InChI=1S/C16H25NO2S/c1-14(15-7-4-3-5-8-15)10-12-17-11-6-9-16(13-17)20(2,18)19/h3-5,7-8,14,16H,6,9-13H2,1-2H3/t14-,16-/m1/s1. The number of rotatable bonds is 5. The summed E-state index contributed by atoms with van der Waals surface area (Å²) in [5.74, 6) is 0.523. The fourth-order valence-corrected chi connectivity index (χ4v) is 3.97. The van der Waals surface area contributed by atoms with Crippen molar-refractivity contribution in [1.29, 1.82) is 0 Å². The van der Waals surface area contributed by atoms with Gasteiger partial charge in [0.05, 0.1) is 5.25 Å². The van der Waals surface area contributed by atoms with Gasteiger partial charge in [-0.25, -0.2) is 8.42 Å². The Morgan fingerprint density at radius 2 is 2.00 bits per heavy atom. The van der Waals surface area contributed by atoms with E-state index in [1.54, 1.807) is 0 Å². The number of piperidine rings is 1. The molecule has 3 nitrogen and oxygen atoms in total. The first-order chi connectivity index (χ1) is 9.47. The van der Waals surface area contributed by atoms with E-state index in [-0.39, 0.29) is 5.25 Å². The van der Waals surface area contributed by atoms with E-state index < -0.39 is 9.84 Å². The Labute approximate surface area is 122 Å². The van der Waals surface area contributed by atoms with Gasteiger partial charge >= 0.3 is 0 Å². The minimum absolute atomic E-state index is 0.164. The highest BCUT2D eigenvalue weighted by molar-refractivity contribution is 7.91. The van der Waals surface area contributed by atoms with Crippen LogP contribution in [0.15, 0.2) is 30.3 Å². The minimum Gasteiger partial charge on any atom is -0.302 e. The maximum absolute atomic E-state index is 11.7.